The Balaban J connectivity index is 1.82. The summed E-state index contributed by atoms with van der Waals surface area (Å²) < 4.78 is 11.8. The van der Waals surface area contributed by atoms with Gasteiger partial charge in [0.1, 0.15) is 11.7 Å². The number of rotatable bonds is 4. The van der Waals surface area contributed by atoms with E-state index in [2.05, 4.69) is 11.4 Å². The number of ether oxygens (including phenoxy) is 2. The molecule has 2 aliphatic rings. The van der Waals surface area contributed by atoms with Gasteiger partial charge in [-0.2, -0.15) is 5.26 Å². The summed E-state index contributed by atoms with van der Waals surface area (Å²) in [6.07, 6.45) is 3.05. The minimum absolute atomic E-state index is 0.135. The van der Waals surface area contributed by atoms with E-state index in [0.717, 1.165) is 25.9 Å². The van der Waals surface area contributed by atoms with Crippen molar-refractivity contribution in [1.82, 2.24) is 0 Å². The highest BCUT2D eigenvalue weighted by molar-refractivity contribution is 6.33. The highest BCUT2D eigenvalue weighted by Gasteiger charge is 2.58. The maximum atomic E-state index is 9.23. The number of anilines is 1. The zero-order chi connectivity index (χ0) is 14.9. The quantitative estimate of drug-likeness (QED) is 0.927. The average molecular weight is 307 g/mol. The molecule has 4 nitrogen and oxygen atoms in total. The first-order chi connectivity index (χ1) is 10.2. The standard InChI is InChI=1S/C16H19ClN2O2/c1-2-20-14-9-13(16(14)7-4-8-21-16)19-15-11(10-18)5-3-6-12(15)17/h3,5-6,13-14,19H,2,4,7-9H2,1H3. The predicted molar refractivity (Wildman–Crippen MR) is 81.5 cm³/mol. The van der Waals surface area contributed by atoms with Crippen molar-refractivity contribution in [2.45, 2.75) is 43.9 Å². The second-order valence-electron chi connectivity index (χ2n) is 5.56. The van der Waals surface area contributed by atoms with Gasteiger partial charge in [-0.15, -0.1) is 0 Å². The fraction of sp³-hybridized carbons (Fsp3) is 0.562. The molecule has 1 saturated carbocycles. The van der Waals surface area contributed by atoms with Crippen molar-refractivity contribution >= 4 is 17.3 Å². The molecular formula is C16H19ClN2O2. The molecular weight excluding hydrogens is 288 g/mol. The molecule has 1 aromatic carbocycles. The van der Waals surface area contributed by atoms with E-state index in [1.807, 2.05) is 6.92 Å². The molecule has 0 bridgehead atoms. The summed E-state index contributed by atoms with van der Waals surface area (Å²) in [4.78, 5) is 0. The predicted octanol–water partition coefficient (Wildman–Crippen LogP) is 3.35. The zero-order valence-electron chi connectivity index (χ0n) is 12.1. The van der Waals surface area contributed by atoms with E-state index in [-0.39, 0.29) is 17.7 Å². The van der Waals surface area contributed by atoms with Gasteiger partial charge in [0, 0.05) is 13.2 Å². The van der Waals surface area contributed by atoms with Crippen molar-refractivity contribution < 1.29 is 9.47 Å². The summed E-state index contributed by atoms with van der Waals surface area (Å²) in [6.45, 7) is 3.47. The van der Waals surface area contributed by atoms with Crippen LogP contribution in [0, 0.1) is 11.3 Å². The molecule has 0 amide bonds. The molecule has 1 aromatic rings. The van der Waals surface area contributed by atoms with Crippen molar-refractivity contribution in [3.63, 3.8) is 0 Å². The molecule has 1 heterocycles. The number of para-hydroxylation sites is 1. The lowest BCUT2D eigenvalue weighted by molar-refractivity contribution is -0.184. The van der Waals surface area contributed by atoms with Crippen LogP contribution in [0.25, 0.3) is 0 Å². The summed E-state index contributed by atoms with van der Waals surface area (Å²) in [6, 6.07) is 7.69. The third kappa shape index (κ3) is 2.40. The Morgan fingerprint density at radius 1 is 1.57 bits per heavy atom. The third-order valence-corrected chi connectivity index (χ3v) is 4.80. The van der Waals surface area contributed by atoms with Gasteiger partial charge in [-0.3, -0.25) is 0 Å². The summed E-state index contributed by atoms with van der Waals surface area (Å²) in [5, 5.41) is 13.2. The number of halogens is 1. The number of nitrogens with zero attached hydrogens (tertiary/aromatic N) is 1. The summed E-state index contributed by atoms with van der Waals surface area (Å²) in [5.41, 5.74) is 1.01. The fourth-order valence-corrected chi connectivity index (χ4v) is 3.65. The Kier molecular flexibility index (Phi) is 4.08. The van der Waals surface area contributed by atoms with Gasteiger partial charge in [-0.05, 0) is 38.3 Å². The van der Waals surface area contributed by atoms with Gasteiger partial charge in [0.15, 0.2) is 0 Å². The van der Waals surface area contributed by atoms with Crippen LogP contribution in [-0.2, 0) is 9.47 Å². The topological polar surface area (TPSA) is 54.3 Å². The molecule has 1 aliphatic carbocycles. The minimum Gasteiger partial charge on any atom is -0.377 e. The molecule has 21 heavy (non-hydrogen) atoms. The maximum Gasteiger partial charge on any atom is 0.114 e. The van der Waals surface area contributed by atoms with E-state index >= 15 is 0 Å². The lowest BCUT2D eigenvalue weighted by Crippen LogP contribution is -2.66. The maximum absolute atomic E-state index is 9.23. The molecule has 1 N–H and O–H groups in total. The van der Waals surface area contributed by atoms with Gasteiger partial charge in [0.2, 0.25) is 0 Å². The van der Waals surface area contributed by atoms with Crippen molar-refractivity contribution in [2.75, 3.05) is 18.5 Å². The van der Waals surface area contributed by atoms with Gasteiger partial charge >= 0.3 is 0 Å². The highest BCUT2D eigenvalue weighted by Crippen LogP contribution is 2.47. The van der Waals surface area contributed by atoms with Crippen LogP contribution in [0.1, 0.15) is 31.7 Å². The lowest BCUT2D eigenvalue weighted by atomic mass is 9.69. The van der Waals surface area contributed by atoms with Gasteiger partial charge in [-0.25, -0.2) is 0 Å². The van der Waals surface area contributed by atoms with Gasteiger partial charge in [-0.1, -0.05) is 17.7 Å². The first kappa shape index (κ1) is 14.6. The molecule has 0 radical (unpaired) electrons. The Bertz CT molecular complexity index is 564. The number of hydrogen-bond acceptors (Lipinski definition) is 4. The molecule has 5 heteroatoms. The SMILES string of the molecule is CCOC1CC(Nc2c(Cl)cccc2C#N)C12CCCO2. The van der Waals surface area contributed by atoms with Crippen LogP contribution in [0.15, 0.2) is 18.2 Å². The molecule has 3 unspecified atom stereocenters. The second kappa shape index (κ2) is 5.84. The molecule has 1 aliphatic heterocycles. The van der Waals surface area contributed by atoms with Gasteiger partial charge in [0.05, 0.1) is 28.4 Å². The number of nitrogens with one attached hydrogen (secondary N) is 1. The first-order valence-electron chi connectivity index (χ1n) is 7.42. The van der Waals surface area contributed by atoms with Crippen LogP contribution >= 0.6 is 11.6 Å². The third-order valence-electron chi connectivity index (χ3n) is 4.49. The van der Waals surface area contributed by atoms with E-state index in [4.69, 9.17) is 21.1 Å². The largest absolute Gasteiger partial charge is 0.377 e. The summed E-state index contributed by atoms with van der Waals surface area (Å²) in [5.74, 6) is 0. The van der Waals surface area contributed by atoms with Crippen LogP contribution in [0.3, 0.4) is 0 Å². The number of hydrogen-bond donors (Lipinski definition) is 1. The molecule has 3 rings (SSSR count). The van der Waals surface area contributed by atoms with E-state index in [1.54, 1.807) is 18.2 Å². The molecule has 2 fully saturated rings. The van der Waals surface area contributed by atoms with Crippen LogP contribution in [0.5, 0.6) is 0 Å². The van der Waals surface area contributed by atoms with E-state index in [9.17, 15) is 5.26 Å². The van der Waals surface area contributed by atoms with Gasteiger partial charge in [0.25, 0.3) is 0 Å². The average Bonchev–Trinajstić information content (AvgIpc) is 3.00. The van der Waals surface area contributed by atoms with Crippen LogP contribution in [-0.4, -0.2) is 31.0 Å². The Morgan fingerprint density at radius 3 is 3.10 bits per heavy atom. The Hall–Kier alpha value is -1.28. The molecule has 1 spiro atoms. The van der Waals surface area contributed by atoms with E-state index < -0.39 is 0 Å². The van der Waals surface area contributed by atoms with Crippen LogP contribution in [0.4, 0.5) is 5.69 Å². The Labute approximate surface area is 130 Å². The van der Waals surface area contributed by atoms with Crippen molar-refractivity contribution in [1.29, 1.82) is 5.26 Å². The molecule has 0 aromatic heterocycles. The number of nitriles is 1. The van der Waals surface area contributed by atoms with Crippen LogP contribution in [0.2, 0.25) is 5.02 Å². The second-order valence-corrected chi connectivity index (χ2v) is 5.96. The minimum atomic E-state index is -0.262. The van der Waals surface area contributed by atoms with Crippen molar-refractivity contribution in [3.8, 4) is 6.07 Å². The summed E-state index contributed by atoms with van der Waals surface area (Å²) in [7, 11) is 0. The van der Waals surface area contributed by atoms with Gasteiger partial charge < -0.3 is 14.8 Å². The molecule has 1 saturated heterocycles. The van der Waals surface area contributed by atoms with E-state index in [1.165, 1.54) is 0 Å². The van der Waals surface area contributed by atoms with Crippen LogP contribution < -0.4 is 5.32 Å². The zero-order valence-corrected chi connectivity index (χ0v) is 12.8. The first-order valence-corrected chi connectivity index (χ1v) is 7.79. The number of benzene rings is 1. The lowest BCUT2D eigenvalue weighted by Gasteiger charge is -2.53. The normalized spacial score (nSPS) is 30.9. The Morgan fingerprint density at radius 2 is 2.43 bits per heavy atom. The molecule has 3 atom stereocenters. The summed E-state index contributed by atoms with van der Waals surface area (Å²) >= 11 is 6.24. The van der Waals surface area contributed by atoms with E-state index in [0.29, 0.717) is 22.9 Å². The highest BCUT2D eigenvalue weighted by atomic mass is 35.5. The fourth-order valence-electron chi connectivity index (χ4n) is 3.42. The van der Waals surface area contributed by atoms with Crippen molar-refractivity contribution in [3.05, 3.63) is 28.8 Å². The smallest absolute Gasteiger partial charge is 0.114 e. The monoisotopic (exact) mass is 306 g/mol. The molecule has 112 valence electrons. The van der Waals surface area contributed by atoms with Crippen molar-refractivity contribution in [2.24, 2.45) is 0 Å².